The summed E-state index contributed by atoms with van der Waals surface area (Å²) < 4.78 is 35.1. The molecule has 1 aliphatic heterocycles. The quantitative estimate of drug-likeness (QED) is 0.223. The summed E-state index contributed by atoms with van der Waals surface area (Å²) in [6.07, 6.45) is 3.62. The Balaban J connectivity index is 1.26. The lowest BCUT2D eigenvalue weighted by Gasteiger charge is -2.18. The van der Waals surface area contributed by atoms with Gasteiger partial charge in [-0.1, -0.05) is 42.5 Å². The SMILES string of the molecule is Fc1ccc(C(CCCN=Cc2ccc3n2Cc2ccccc2OC3)c2ccc(F)cc2)cc1. The van der Waals surface area contributed by atoms with Crippen molar-refractivity contribution in [3.8, 4) is 5.75 Å². The summed E-state index contributed by atoms with van der Waals surface area (Å²) in [5, 5.41) is 0. The van der Waals surface area contributed by atoms with E-state index < -0.39 is 0 Å². The molecule has 5 heteroatoms. The van der Waals surface area contributed by atoms with Crippen LogP contribution in [-0.2, 0) is 13.2 Å². The Hall–Kier alpha value is -3.73. The van der Waals surface area contributed by atoms with Crippen molar-refractivity contribution in [2.75, 3.05) is 6.54 Å². The van der Waals surface area contributed by atoms with Crippen LogP contribution in [0, 0.1) is 11.6 Å². The lowest BCUT2D eigenvalue weighted by Crippen LogP contribution is -2.06. The normalized spacial score (nSPS) is 12.9. The van der Waals surface area contributed by atoms with Gasteiger partial charge in [0.25, 0.3) is 0 Å². The molecule has 0 radical (unpaired) electrons. The Kier molecular flexibility index (Phi) is 6.52. The van der Waals surface area contributed by atoms with E-state index in [4.69, 9.17) is 4.74 Å². The fourth-order valence-electron chi connectivity index (χ4n) is 4.52. The van der Waals surface area contributed by atoms with Gasteiger partial charge in [-0.3, -0.25) is 4.99 Å². The third kappa shape index (κ3) is 4.93. The average Bonchev–Trinajstić information content (AvgIpc) is 3.13. The van der Waals surface area contributed by atoms with Crippen LogP contribution in [0.2, 0.25) is 0 Å². The van der Waals surface area contributed by atoms with Gasteiger partial charge in [0.05, 0.1) is 17.9 Å². The van der Waals surface area contributed by atoms with Crippen LogP contribution in [-0.4, -0.2) is 17.3 Å². The van der Waals surface area contributed by atoms with Gasteiger partial charge in [-0.2, -0.15) is 0 Å². The molecule has 5 rings (SSSR count). The first-order valence-corrected chi connectivity index (χ1v) is 11.6. The summed E-state index contributed by atoms with van der Waals surface area (Å²) >= 11 is 0. The van der Waals surface area contributed by atoms with E-state index in [1.54, 1.807) is 0 Å². The molecule has 0 spiro atoms. The van der Waals surface area contributed by atoms with Crippen molar-refractivity contribution in [3.05, 3.63) is 125 Å². The number of aromatic nitrogens is 1. The van der Waals surface area contributed by atoms with Crippen molar-refractivity contribution >= 4 is 6.21 Å². The van der Waals surface area contributed by atoms with E-state index in [1.807, 2.05) is 48.7 Å². The molecule has 4 aromatic rings. The molecule has 0 saturated carbocycles. The maximum atomic E-state index is 13.4. The molecule has 2 heterocycles. The third-order valence-corrected chi connectivity index (χ3v) is 6.33. The van der Waals surface area contributed by atoms with Gasteiger partial charge in [0.1, 0.15) is 24.0 Å². The van der Waals surface area contributed by atoms with E-state index in [-0.39, 0.29) is 17.6 Å². The molecule has 0 saturated heterocycles. The number of fused-ring (bicyclic) bond motifs is 2. The molecule has 1 aromatic heterocycles. The van der Waals surface area contributed by atoms with Gasteiger partial charge < -0.3 is 9.30 Å². The number of aliphatic imine (C=N–C) groups is 1. The summed E-state index contributed by atoms with van der Waals surface area (Å²) in [7, 11) is 0. The first kappa shape index (κ1) is 22.1. The highest BCUT2D eigenvalue weighted by Gasteiger charge is 2.16. The van der Waals surface area contributed by atoms with Crippen LogP contribution in [0.5, 0.6) is 5.75 Å². The molecule has 0 bridgehead atoms. The number of para-hydroxylation sites is 1. The fraction of sp³-hybridized carbons (Fsp3) is 0.207. The second kappa shape index (κ2) is 10.0. The van der Waals surface area contributed by atoms with Gasteiger partial charge in [-0.05, 0) is 66.4 Å². The molecular weight excluding hydrogens is 430 g/mol. The summed E-state index contributed by atoms with van der Waals surface area (Å²) in [6, 6.07) is 25.4. The molecule has 34 heavy (non-hydrogen) atoms. The number of hydrogen-bond acceptors (Lipinski definition) is 2. The molecule has 0 N–H and O–H groups in total. The van der Waals surface area contributed by atoms with Gasteiger partial charge in [0, 0.05) is 24.2 Å². The molecular formula is C29H26F2N2O. The second-order valence-corrected chi connectivity index (χ2v) is 8.57. The summed E-state index contributed by atoms with van der Waals surface area (Å²) in [6.45, 7) is 1.98. The van der Waals surface area contributed by atoms with Crippen molar-refractivity contribution in [2.45, 2.75) is 31.9 Å². The summed E-state index contributed by atoms with van der Waals surface area (Å²) in [5.74, 6) is 0.479. The maximum Gasteiger partial charge on any atom is 0.128 e. The number of hydrogen-bond donors (Lipinski definition) is 0. The smallest absolute Gasteiger partial charge is 0.128 e. The Morgan fingerprint density at radius 1 is 0.853 bits per heavy atom. The Labute approximate surface area is 198 Å². The molecule has 0 aliphatic carbocycles. The first-order chi connectivity index (χ1) is 16.7. The molecule has 0 unspecified atom stereocenters. The number of rotatable bonds is 7. The van der Waals surface area contributed by atoms with Crippen LogP contribution in [0.3, 0.4) is 0 Å². The van der Waals surface area contributed by atoms with Gasteiger partial charge in [0.15, 0.2) is 0 Å². The van der Waals surface area contributed by atoms with Crippen molar-refractivity contribution < 1.29 is 13.5 Å². The molecule has 1 aliphatic rings. The zero-order valence-electron chi connectivity index (χ0n) is 18.8. The van der Waals surface area contributed by atoms with E-state index >= 15 is 0 Å². The topological polar surface area (TPSA) is 26.5 Å². The Bertz CT molecular complexity index is 1230. The number of ether oxygens (including phenoxy) is 1. The standard InChI is InChI=1S/C29H26F2N2O/c30-24-11-7-21(8-12-24)28(22-9-13-25(31)14-10-22)5-3-17-32-18-26-15-16-27-20-34-29-6-2-1-4-23(29)19-33(26)27/h1-2,4,6-16,18,28H,3,5,17,19-20H2. The van der Waals surface area contributed by atoms with Crippen LogP contribution < -0.4 is 4.74 Å². The predicted octanol–water partition coefficient (Wildman–Crippen LogP) is 6.74. The third-order valence-electron chi connectivity index (χ3n) is 6.33. The van der Waals surface area contributed by atoms with Crippen LogP contribution in [0.15, 0.2) is 89.9 Å². The minimum absolute atomic E-state index is 0.0645. The van der Waals surface area contributed by atoms with E-state index in [9.17, 15) is 8.78 Å². The van der Waals surface area contributed by atoms with Gasteiger partial charge in [-0.15, -0.1) is 0 Å². The van der Waals surface area contributed by atoms with Crippen LogP contribution in [0.1, 0.15) is 46.8 Å². The Morgan fingerprint density at radius 2 is 1.53 bits per heavy atom. The van der Waals surface area contributed by atoms with Crippen LogP contribution >= 0.6 is 0 Å². The maximum absolute atomic E-state index is 13.4. The first-order valence-electron chi connectivity index (χ1n) is 11.6. The van der Waals surface area contributed by atoms with E-state index in [0.29, 0.717) is 13.2 Å². The average molecular weight is 457 g/mol. The van der Waals surface area contributed by atoms with Crippen LogP contribution in [0.25, 0.3) is 0 Å². The van der Waals surface area contributed by atoms with Crippen LogP contribution in [0.4, 0.5) is 8.78 Å². The molecule has 172 valence electrons. The molecule has 3 nitrogen and oxygen atoms in total. The largest absolute Gasteiger partial charge is 0.487 e. The second-order valence-electron chi connectivity index (χ2n) is 8.57. The lowest BCUT2D eigenvalue weighted by molar-refractivity contribution is 0.303. The summed E-state index contributed by atoms with van der Waals surface area (Å²) in [5.41, 5.74) is 5.39. The fourth-order valence-corrected chi connectivity index (χ4v) is 4.52. The van der Waals surface area contributed by atoms with Crippen molar-refractivity contribution in [2.24, 2.45) is 4.99 Å². The molecule has 3 aromatic carbocycles. The van der Waals surface area contributed by atoms with Crippen molar-refractivity contribution in [3.63, 3.8) is 0 Å². The lowest BCUT2D eigenvalue weighted by atomic mass is 9.87. The zero-order chi connectivity index (χ0) is 23.3. The minimum Gasteiger partial charge on any atom is -0.487 e. The Morgan fingerprint density at radius 3 is 2.24 bits per heavy atom. The number of benzene rings is 3. The monoisotopic (exact) mass is 456 g/mol. The van der Waals surface area contributed by atoms with Gasteiger partial charge >= 0.3 is 0 Å². The molecule has 0 atom stereocenters. The van der Waals surface area contributed by atoms with E-state index in [1.165, 1.54) is 24.3 Å². The molecule has 0 amide bonds. The van der Waals surface area contributed by atoms with Crippen molar-refractivity contribution in [1.29, 1.82) is 0 Å². The van der Waals surface area contributed by atoms with Gasteiger partial charge in [0.2, 0.25) is 0 Å². The van der Waals surface area contributed by atoms with Crippen molar-refractivity contribution in [1.82, 2.24) is 4.57 Å². The minimum atomic E-state index is -0.259. The van der Waals surface area contributed by atoms with E-state index in [0.717, 1.165) is 53.2 Å². The highest BCUT2D eigenvalue weighted by Crippen LogP contribution is 2.30. The molecule has 0 fully saturated rings. The van der Waals surface area contributed by atoms with E-state index in [2.05, 4.69) is 27.8 Å². The predicted molar refractivity (Wildman–Crippen MR) is 131 cm³/mol. The number of halogens is 2. The van der Waals surface area contributed by atoms with Gasteiger partial charge in [-0.25, -0.2) is 8.78 Å². The zero-order valence-corrected chi connectivity index (χ0v) is 18.8. The number of nitrogens with zero attached hydrogens (tertiary/aromatic N) is 2. The summed E-state index contributed by atoms with van der Waals surface area (Å²) in [4.78, 5) is 4.69. The highest BCUT2D eigenvalue weighted by molar-refractivity contribution is 5.78. The highest BCUT2D eigenvalue weighted by atomic mass is 19.1.